The van der Waals surface area contributed by atoms with Crippen LogP contribution < -0.4 is 10.0 Å². The van der Waals surface area contributed by atoms with E-state index in [-0.39, 0.29) is 22.9 Å². The summed E-state index contributed by atoms with van der Waals surface area (Å²) in [5.74, 6) is 0.0864. The number of aromatic hydroxyl groups is 1. The summed E-state index contributed by atoms with van der Waals surface area (Å²) < 4.78 is 66.3. The van der Waals surface area contributed by atoms with E-state index in [2.05, 4.69) is 15.0 Å². The van der Waals surface area contributed by atoms with E-state index >= 15 is 0 Å². The summed E-state index contributed by atoms with van der Waals surface area (Å²) in [7, 11) is -4.15. The first-order valence-corrected chi connectivity index (χ1v) is 11.2. The van der Waals surface area contributed by atoms with Gasteiger partial charge in [-0.25, -0.2) is 13.4 Å². The van der Waals surface area contributed by atoms with Crippen molar-refractivity contribution >= 4 is 32.3 Å². The molecular weight excluding hydrogens is 455 g/mol. The molecule has 3 aromatic carbocycles. The fourth-order valence-electron chi connectivity index (χ4n) is 3.20. The molecule has 0 aliphatic heterocycles. The second kappa shape index (κ2) is 8.62. The minimum atomic E-state index is -4.56. The van der Waals surface area contributed by atoms with Gasteiger partial charge in [0.2, 0.25) is 0 Å². The summed E-state index contributed by atoms with van der Waals surface area (Å²) in [5.41, 5.74) is 0.749. The third-order valence-electron chi connectivity index (χ3n) is 4.88. The molecule has 6 nitrogen and oxygen atoms in total. The highest BCUT2D eigenvalue weighted by molar-refractivity contribution is 7.92. The average molecular weight is 473 g/mol. The molecule has 4 aromatic rings. The van der Waals surface area contributed by atoms with E-state index in [0.717, 1.165) is 24.3 Å². The molecule has 0 radical (unpaired) electrons. The van der Waals surface area contributed by atoms with Crippen molar-refractivity contribution in [2.24, 2.45) is 0 Å². The lowest BCUT2D eigenvalue weighted by Gasteiger charge is -2.13. The van der Waals surface area contributed by atoms with Gasteiger partial charge in [-0.3, -0.25) is 4.72 Å². The normalized spacial score (nSPS) is 12.0. The zero-order chi connectivity index (χ0) is 23.6. The molecule has 0 bridgehead atoms. The van der Waals surface area contributed by atoms with Crippen LogP contribution in [0.15, 0.2) is 83.8 Å². The van der Waals surface area contributed by atoms with Crippen molar-refractivity contribution in [3.05, 3.63) is 90.1 Å². The van der Waals surface area contributed by atoms with Gasteiger partial charge < -0.3 is 10.4 Å². The van der Waals surface area contributed by atoms with Crippen LogP contribution in [0.2, 0.25) is 0 Å². The maximum Gasteiger partial charge on any atom is 0.416 e. The summed E-state index contributed by atoms with van der Waals surface area (Å²) in [4.78, 5) is 4.22. The van der Waals surface area contributed by atoms with E-state index in [1.165, 1.54) is 6.07 Å². The van der Waals surface area contributed by atoms with Gasteiger partial charge >= 0.3 is 6.18 Å². The van der Waals surface area contributed by atoms with Gasteiger partial charge in [-0.15, -0.1) is 0 Å². The number of alkyl halides is 3. The predicted molar refractivity (Wildman–Crippen MR) is 119 cm³/mol. The molecule has 0 saturated carbocycles. The highest BCUT2D eigenvalue weighted by atomic mass is 32.2. The number of aromatic nitrogens is 1. The van der Waals surface area contributed by atoms with Gasteiger partial charge in [0.25, 0.3) is 10.0 Å². The van der Waals surface area contributed by atoms with E-state index in [1.54, 1.807) is 48.5 Å². The molecule has 1 aromatic heterocycles. The molecule has 0 aliphatic carbocycles. The molecule has 0 amide bonds. The Kier molecular flexibility index (Phi) is 5.86. The highest BCUT2D eigenvalue weighted by Crippen LogP contribution is 2.31. The highest BCUT2D eigenvalue weighted by Gasteiger charge is 2.30. The van der Waals surface area contributed by atoms with Gasteiger partial charge in [0.1, 0.15) is 5.75 Å². The number of sulfonamides is 1. The maximum atomic E-state index is 12.8. The molecule has 0 saturated heterocycles. The summed E-state index contributed by atoms with van der Waals surface area (Å²) in [6, 6.07) is 18.5. The van der Waals surface area contributed by atoms with Crippen molar-refractivity contribution in [1.29, 1.82) is 0 Å². The largest absolute Gasteiger partial charge is 0.506 e. The lowest BCUT2D eigenvalue weighted by Crippen LogP contribution is -2.14. The second-order valence-electron chi connectivity index (χ2n) is 7.18. The van der Waals surface area contributed by atoms with Crippen LogP contribution in [-0.4, -0.2) is 18.5 Å². The van der Waals surface area contributed by atoms with E-state index < -0.39 is 21.8 Å². The van der Waals surface area contributed by atoms with Crippen LogP contribution in [0.25, 0.3) is 10.9 Å². The molecule has 3 N–H and O–H groups in total. The van der Waals surface area contributed by atoms with Crippen LogP contribution in [0.1, 0.15) is 11.3 Å². The Labute approximate surface area is 187 Å². The monoisotopic (exact) mass is 473 g/mol. The smallest absolute Gasteiger partial charge is 0.416 e. The summed E-state index contributed by atoms with van der Waals surface area (Å²) >= 11 is 0. The minimum absolute atomic E-state index is 0.0864. The summed E-state index contributed by atoms with van der Waals surface area (Å²) in [6.45, 7) is 0.271. The Morgan fingerprint density at radius 2 is 1.55 bits per heavy atom. The van der Waals surface area contributed by atoms with Crippen LogP contribution in [0.5, 0.6) is 5.75 Å². The topological polar surface area (TPSA) is 91.3 Å². The van der Waals surface area contributed by atoms with Crippen molar-refractivity contribution in [2.75, 3.05) is 10.0 Å². The van der Waals surface area contributed by atoms with Gasteiger partial charge in [-0.1, -0.05) is 30.3 Å². The quantitative estimate of drug-likeness (QED) is 0.328. The Balaban J connectivity index is 1.60. The number of phenols is 1. The van der Waals surface area contributed by atoms with Gasteiger partial charge in [0.15, 0.2) is 0 Å². The standard InChI is InChI=1S/C23H18F3N3O3S/c24-23(25,26)16-9-12-18(13-10-16)33(31,32)29-20-6-3-4-15-8-11-17(28-22(15)20)14-27-19-5-1-2-7-21(19)30/h1-13,27,29-30H,14H2. The first-order chi connectivity index (χ1) is 15.6. The third kappa shape index (κ3) is 5.01. The molecule has 0 fully saturated rings. The van der Waals surface area contributed by atoms with Gasteiger partial charge in [-0.05, 0) is 48.5 Å². The molecule has 0 spiro atoms. The van der Waals surface area contributed by atoms with Crippen molar-refractivity contribution in [3.63, 3.8) is 0 Å². The van der Waals surface area contributed by atoms with E-state index in [9.17, 15) is 26.7 Å². The zero-order valence-electron chi connectivity index (χ0n) is 17.0. The number of hydrogen-bond acceptors (Lipinski definition) is 5. The number of nitrogens with one attached hydrogen (secondary N) is 2. The van der Waals surface area contributed by atoms with Crippen LogP contribution in [-0.2, 0) is 22.7 Å². The fraction of sp³-hybridized carbons (Fsp3) is 0.0870. The molecule has 0 aliphatic rings. The number of anilines is 2. The van der Waals surface area contributed by atoms with Crippen molar-refractivity contribution in [1.82, 2.24) is 4.98 Å². The first kappa shape index (κ1) is 22.4. The Morgan fingerprint density at radius 3 is 2.24 bits per heavy atom. The third-order valence-corrected chi connectivity index (χ3v) is 6.26. The van der Waals surface area contributed by atoms with E-state index in [0.29, 0.717) is 22.3 Å². The lowest BCUT2D eigenvalue weighted by molar-refractivity contribution is -0.137. The van der Waals surface area contributed by atoms with Crippen molar-refractivity contribution < 1.29 is 26.7 Å². The molecule has 10 heteroatoms. The lowest BCUT2D eigenvalue weighted by atomic mass is 10.1. The van der Waals surface area contributed by atoms with Crippen LogP contribution in [0, 0.1) is 0 Å². The number of hydrogen-bond donors (Lipinski definition) is 3. The molecule has 4 rings (SSSR count). The summed E-state index contributed by atoms with van der Waals surface area (Å²) in [6.07, 6.45) is -4.56. The van der Waals surface area contributed by atoms with Gasteiger partial charge in [-0.2, -0.15) is 13.2 Å². The number of halogens is 3. The Bertz CT molecular complexity index is 1410. The number of benzene rings is 3. The number of para-hydroxylation sites is 3. The Hall–Kier alpha value is -3.79. The minimum Gasteiger partial charge on any atom is -0.506 e. The number of nitrogens with zero attached hydrogens (tertiary/aromatic N) is 1. The van der Waals surface area contributed by atoms with Crippen molar-refractivity contribution in [2.45, 2.75) is 17.6 Å². The number of rotatable bonds is 6. The van der Waals surface area contributed by atoms with Crippen LogP contribution in [0.3, 0.4) is 0 Å². The molecule has 1 heterocycles. The van der Waals surface area contributed by atoms with Crippen LogP contribution in [0.4, 0.5) is 24.5 Å². The maximum absolute atomic E-state index is 12.8. The molecule has 33 heavy (non-hydrogen) atoms. The number of fused-ring (bicyclic) bond motifs is 1. The summed E-state index contributed by atoms with van der Waals surface area (Å²) in [5, 5.41) is 13.6. The van der Waals surface area contributed by atoms with E-state index in [1.807, 2.05) is 0 Å². The molecule has 0 atom stereocenters. The fourth-order valence-corrected chi connectivity index (χ4v) is 4.27. The number of phenolic OH excluding ortho intramolecular Hbond substituents is 1. The van der Waals surface area contributed by atoms with Crippen LogP contribution >= 0.6 is 0 Å². The average Bonchev–Trinajstić information content (AvgIpc) is 2.78. The van der Waals surface area contributed by atoms with E-state index in [4.69, 9.17) is 0 Å². The molecule has 0 unspecified atom stereocenters. The first-order valence-electron chi connectivity index (χ1n) is 9.74. The Morgan fingerprint density at radius 1 is 0.848 bits per heavy atom. The predicted octanol–water partition coefficient (Wildman–Crippen LogP) is 5.37. The number of pyridine rings is 1. The zero-order valence-corrected chi connectivity index (χ0v) is 17.8. The molecular formula is C23H18F3N3O3S. The molecule has 170 valence electrons. The van der Waals surface area contributed by atoms with Crippen molar-refractivity contribution in [3.8, 4) is 5.75 Å². The van der Waals surface area contributed by atoms with Gasteiger partial charge in [0, 0.05) is 5.39 Å². The SMILES string of the molecule is O=S(=O)(Nc1cccc2ccc(CNc3ccccc3O)nc12)c1ccc(C(F)(F)F)cc1. The van der Waals surface area contributed by atoms with Gasteiger partial charge in [0.05, 0.1) is 39.6 Å². The second-order valence-corrected chi connectivity index (χ2v) is 8.86.